The Morgan fingerprint density at radius 2 is 2.20 bits per heavy atom. The van der Waals surface area contributed by atoms with Crippen molar-refractivity contribution in [3.05, 3.63) is 36.1 Å². The zero-order chi connectivity index (χ0) is 14.7. The number of fused-ring (bicyclic) bond motifs is 1. The summed E-state index contributed by atoms with van der Waals surface area (Å²) in [6, 6.07) is 7.36. The maximum absolute atomic E-state index is 12.4. The van der Waals surface area contributed by atoms with Crippen LogP contribution in [0.3, 0.4) is 0 Å². The molecule has 106 valence electrons. The quantitative estimate of drug-likeness (QED) is 0.386. The number of para-hydroxylation sites is 1. The van der Waals surface area contributed by atoms with Crippen molar-refractivity contribution in [1.82, 2.24) is 4.90 Å². The summed E-state index contributed by atoms with van der Waals surface area (Å²) in [5.41, 5.74) is 6.70. The smallest absolute Gasteiger partial charge is 0.257 e. The number of rotatable bonds is 4. The molecule has 3 N–H and O–H groups in total. The topological polar surface area (TPSA) is 92.1 Å². The zero-order valence-corrected chi connectivity index (χ0v) is 11.4. The van der Waals surface area contributed by atoms with E-state index in [0.29, 0.717) is 17.7 Å². The number of furan rings is 1. The second kappa shape index (κ2) is 5.64. The number of oxime groups is 1. The number of nitrogens with zero attached hydrogens (tertiary/aromatic N) is 2. The molecule has 0 aliphatic rings. The molecular weight excluding hydrogens is 258 g/mol. The van der Waals surface area contributed by atoms with Crippen molar-refractivity contribution >= 4 is 22.7 Å². The minimum Gasteiger partial charge on any atom is -0.463 e. The molecule has 0 saturated carbocycles. The highest BCUT2D eigenvalue weighted by Gasteiger charge is 2.20. The number of amides is 1. The molecule has 1 aromatic heterocycles. The Balaban J connectivity index is 2.19. The third-order valence-electron chi connectivity index (χ3n) is 3.23. The van der Waals surface area contributed by atoms with Crippen LogP contribution in [0.4, 0.5) is 0 Å². The molecule has 6 heteroatoms. The molecule has 0 radical (unpaired) electrons. The van der Waals surface area contributed by atoms with Crippen LogP contribution in [0.2, 0.25) is 0 Å². The van der Waals surface area contributed by atoms with Gasteiger partial charge < -0.3 is 20.3 Å². The summed E-state index contributed by atoms with van der Waals surface area (Å²) in [7, 11) is 1.67. The number of hydrogen-bond acceptors (Lipinski definition) is 4. The lowest BCUT2D eigenvalue weighted by atomic mass is 10.1. The van der Waals surface area contributed by atoms with Crippen LogP contribution < -0.4 is 5.73 Å². The van der Waals surface area contributed by atoms with E-state index in [1.165, 1.54) is 11.2 Å². The minimum absolute atomic E-state index is 0.0988. The first-order chi connectivity index (χ1) is 9.54. The molecule has 6 nitrogen and oxygen atoms in total. The van der Waals surface area contributed by atoms with Gasteiger partial charge in [-0.05, 0) is 6.07 Å². The maximum Gasteiger partial charge on any atom is 0.257 e. The van der Waals surface area contributed by atoms with E-state index in [0.717, 1.165) is 5.39 Å². The molecule has 0 bridgehead atoms. The predicted molar refractivity (Wildman–Crippen MR) is 75.7 cm³/mol. The van der Waals surface area contributed by atoms with E-state index in [1.807, 2.05) is 24.3 Å². The molecule has 0 spiro atoms. The van der Waals surface area contributed by atoms with Gasteiger partial charge in [0.2, 0.25) is 0 Å². The fourth-order valence-corrected chi connectivity index (χ4v) is 2.03. The molecule has 0 aliphatic carbocycles. The van der Waals surface area contributed by atoms with Gasteiger partial charge in [-0.2, -0.15) is 0 Å². The van der Waals surface area contributed by atoms with Gasteiger partial charge in [-0.25, -0.2) is 0 Å². The van der Waals surface area contributed by atoms with Crippen LogP contribution in [0.25, 0.3) is 11.0 Å². The highest BCUT2D eigenvalue weighted by atomic mass is 16.4. The first-order valence-corrected chi connectivity index (χ1v) is 6.23. The molecule has 1 heterocycles. The molecule has 1 unspecified atom stereocenters. The summed E-state index contributed by atoms with van der Waals surface area (Å²) in [4.78, 5) is 13.9. The van der Waals surface area contributed by atoms with Gasteiger partial charge in [0.1, 0.15) is 17.7 Å². The summed E-state index contributed by atoms with van der Waals surface area (Å²) in [6.07, 6.45) is 1.46. The van der Waals surface area contributed by atoms with Gasteiger partial charge in [0.15, 0.2) is 0 Å². The average Bonchev–Trinajstić information content (AvgIpc) is 2.89. The number of carbonyl (C=O) groups excluding carboxylic acids is 1. The Morgan fingerprint density at radius 1 is 1.50 bits per heavy atom. The van der Waals surface area contributed by atoms with Gasteiger partial charge in [0.05, 0.1) is 5.56 Å². The van der Waals surface area contributed by atoms with Gasteiger partial charge in [-0.1, -0.05) is 30.3 Å². The Hall–Kier alpha value is -2.50. The minimum atomic E-state index is -0.230. The number of benzene rings is 1. The first kappa shape index (κ1) is 13.9. The van der Waals surface area contributed by atoms with Crippen LogP contribution in [-0.4, -0.2) is 35.4 Å². The molecule has 1 aromatic carbocycles. The van der Waals surface area contributed by atoms with E-state index in [1.54, 1.807) is 14.0 Å². The van der Waals surface area contributed by atoms with Crippen molar-refractivity contribution in [3.63, 3.8) is 0 Å². The number of amidine groups is 1. The average molecular weight is 275 g/mol. The van der Waals surface area contributed by atoms with Crippen molar-refractivity contribution in [2.45, 2.75) is 6.92 Å². The molecule has 1 atom stereocenters. The van der Waals surface area contributed by atoms with E-state index < -0.39 is 0 Å². The zero-order valence-electron chi connectivity index (χ0n) is 11.4. The number of carbonyl (C=O) groups is 1. The number of nitrogens with two attached hydrogens (primary N) is 1. The largest absolute Gasteiger partial charge is 0.463 e. The summed E-state index contributed by atoms with van der Waals surface area (Å²) in [6.45, 7) is 2.14. The van der Waals surface area contributed by atoms with Gasteiger partial charge in [-0.3, -0.25) is 4.79 Å². The lowest BCUT2D eigenvalue weighted by molar-refractivity contribution is 0.0787. The van der Waals surface area contributed by atoms with Crippen LogP contribution in [0.1, 0.15) is 17.3 Å². The molecule has 0 saturated heterocycles. The molecule has 20 heavy (non-hydrogen) atoms. The third kappa shape index (κ3) is 2.59. The summed E-state index contributed by atoms with van der Waals surface area (Å²) in [5, 5.41) is 12.4. The van der Waals surface area contributed by atoms with Gasteiger partial charge in [0.25, 0.3) is 5.91 Å². The fraction of sp³-hybridized carbons (Fsp3) is 0.286. The van der Waals surface area contributed by atoms with Crippen molar-refractivity contribution in [3.8, 4) is 0 Å². The Morgan fingerprint density at radius 3 is 2.90 bits per heavy atom. The SMILES string of the molecule is CC(CN(C)C(=O)c1coc2ccccc12)C(N)=NO. The lowest BCUT2D eigenvalue weighted by Gasteiger charge is -2.20. The lowest BCUT2D eigenvalue weighted by Crippen LogP contribution is -2.36. The number of hydrogen-bond donors (Lipinski definition) is 2. The fourth-order valence-electron chi connectivity index (χ4n) is 2.03. The Bertz CT molecular complexity index is 648. The van der Waals surface area contributed by atoms with Gasteiger partial charge in [-0.15, -0.1) is 0 Å². The maximum atomic E-state index is 12.4. The van der Waals surface area contributed by atoms with Crippen LogP contribution >= 0.6 is 0 Å². The monoisotopic (exact) mass is 275 g/mol. The van der Waals surface area contributed by atoms with E-state index in [2.05, 4.69) is 5.16 Å². The predicted octanol–water partition coefficient (Wildman–Crippen LogP) is 1.89. The van der Waals surface area contributed by atoms with Gasteiger partial charge >= 0.3 is 0 Å². The highest BCUT2D eigenvalue weighted by molar-refractivity contribution is 6.05. The van der Waals surface area contributed by atoms with Crippen molar-refractivity contribution in [2.24, 2.45) is 16.8 Å². The van der Waals surface area contributed by atoms with Crippen LogP contribution in [0.5, 0.6) is 0 Å². The molecule has 0 fully saturated rings. The van der Waals surface area contributed by atoms with E-state index in [-0.39, 0.29) is 17.7 Å². The second-order valence-electron chi connectivity index (χ2n) is 4.76. The summed E-state index contributed by atoms with van der Waals surface area (Å²) >= 11 is 0. The summed E-state index contributed by atoms with van der Waals surface area (Å²) < 4.78 is 5.36. The Labute approximate surface area is 116 Å². The normalized spacial score (nSPS) is 13.4. The molecule has 0 aliphatic heterocycles. The Kier molecular flexibility index (Phi) is 3.93. The molecule has 1 amide bonds. The van der Waals surface area contributed by atoms with Crippen molar-refractivity contribution in [2.75, 3.05) is 13.6 Å². The standard InChI is InChI=1S/C14H17N3O3/c1-9(13(15)16-19)7-17(2)14(18)11-8-20-12-6-4-3-5-10(11)12/h3-6,8-9,19H,7H2,1-2H3,(H2,15,16). The van der Waals surface area contributed by atoms with Crippen molar-refractivity contribution in [1.29, 1.82) is 0 Å². The molecule has 2 rings (SSSR count). The summed E-state index contributed by atoms with van der Waals surface area (Å²) in [5.74, 6) is -0.290. The third-order valence-corrected chi connectivity index (χ3v) is 3.23. The first-order valence-electron chi connectivity index (χ1n) is 6.23. The van der Waals surface area contributed by atoms with Crippen LogP contribution in [0, 0.1) is 5.92 Å². The van der Waals surface area contributed by atoms with E-state index in [9.17, 15) is 4.79 Å². The van der Waals surface area contributed by atoms with Crippen LogP contribution in [0.15, 0.2) is 40.1 Å². The van der Waals surface area contributed by atoms with E-state index >= 15 is 0 Å². The highest BCUT2D eigenvalue weighted by Crippen LogP contribution is 2.22. The van der Waals surface area contributed by atoms with Crippen molar-refractivity contribution < 1.29 is 14.4 Å². The van der Waals surface area contributed by atoms with Gasteiger partial charge in [0, 0.05) is 24.9 Å². The molecular formula is C14H17N3O3. The van der Waals surface area contributed by atoms with Crippen LogP contribution in [-0.2, 0) is 0 Å². The second-order valence-corrected chi connectivity index (χ2v) is 4.76. The molecule has 2 aromatic rings. The van der Waals surface area contributed by atoms with E-state index in [4.69, 9.17) is 15.4 Å².